The van der Waals surface area contributed by atoms with Gasteiger partial charge in [-0.05, 0) is 25.7 Å². The fourth-order valence-electron chi connectivity index (χ4n) is 4.60. The van der Waals surface area contributed by atoms with Crippen LogP contribution in [0.4, 0.5) is 4.79 Å². The van der Waals surface area contributed by atoms with Gasteiger partial charge in [0.2, 0.25) is 0 Å². The maximum Gasteiger partial charge on any atom is 0.410 e. The Kier molecular flexibility index (Phi) is 11.1. The molecule has 1 unspecified atom stereocenters. The van der Waals surface area contributed by atoms with Gasteiger partial charge in [0, 0.05) is 6.04 Å². The predicted molar refractivity (Wildman–Crippen MR) is 110 cm³/mol. The largest absolute Gasteiger partial charge is 0.444 e. The van der Waals surface area contributed by atoms with E-state index in [2.05, 4.69) is 6.92 Å². The molecule has 0 spiro atoms. The molecule has 1 heterocycles. The van der Waals surface area contributed by atoms with Gasteiger partial charge in [0.1, 0.15) is 6.10 Å². The maximum atomic E-state index is 12.1. The van der Waals surface area contributed by atoms with E-state index < -0.39 is 0 Å². The third kappa shape index (κ3) is 8.31. The molecule has 152 valence electrons. The van der Waals surface area contributed by atoms with Crippen molar-refractivity contribution in [2.24, 2.45) is 0 Å². The van der Waals surface area contributed by atoms with Crippen molar-refractivity contribution in [3.63, 3.8) is 0 Å². The van der Waals surface area contributed by atoms with Gasteiger partial charge in [0.25, 0.3) is 0 Å². The molecule has 0 aromatic heterocycles. The summed E-state index contributed by atoms with van der Waals surface area (Å²) in [5, 5.41) is 0. The van der Waals surface area contributed by atoms with Crippen molar-refractivity contribution in [2.45, 2.75) is 135 Å². The average Bonchev–Trinajstić information content (AvgIpc) is 3.04. The van der Waals surface area contributed by atoms with Gasteiger partial charge in [0.15, 0.2) is 0 Å². The van der Waals surface area contributed by atoms with Crippen LogP contribution in [0.15, 0.2) is 0 Å². The molecule has 1 aliphatic heterocycles. The molecule has 1 saturated heterocycles. The highest BCUT2D eigenvalue weighted by molar-refractivity contribution is 5.70. The lowest BCUT2D eigenvalue weighted by atomic mass is 9.94. The molecule has 1 saturated carbocycles. The Morgan fingerprint density at radius 1 is 0.808 bits per heavy atom. The van der Waals surface area contributed by atoms with E-state index in [0.717, 1.165) is 13.0 Å². The first-order valence-electron chi connectivity index (χ1n) is 11.8. The highest BCUT2D eigenvalue weighted by atomic mass is 16.6. The molecule has 1 atom stereocenters. The van der Waals surface area contributed by atoms with Crippen LogP contribution in [0, 0.1) is 0 Å². The third-order valence-corrected chi connectivity index (χ3v) is 6.30. The van der Waals surface area contributed by atoms with Gasteiger partial charge in [-0.1, -0.05) is 96.8 Å². The van der Waals surface area contributed by atoms with Gasteiger partial charge < -0.3 is 9.64 Å². The Labute approximate surface area is 162 Å². The predicted octanol–water partition coefficient (Wildman–Crippen LogP) is 7.23. The zero-order chi connectivity index (χ0) is 18.5. The Bertz CT molecular complexity index is 365. The van der Waals surface area contributed by atoms with Crippen molar-refractivity contribution in [3.05, 3.63) is 0 Å². The standard InChI is InChI=1S/C23H43NO2/c1-2-3-4-5-6-7-8-9-10-11-12-16-19-22-20-24(23(25)26-22)21-17-14-13-15-18-21/h21-22H,2-20H2,1H3. The van der Waals surface area contributed by atoms with Crippen LogP contribution in [-0.2, 0) is 4.74 Å². The molecule has 0 aromatic carbocycles. The molecule has 0 radical (unpaired) electrons. The van der Waals surface area contributed by atoms with Gasteiger partial charge in [-0.25, -0.2) is 4.79 Å². The summed E-state index contributed by atoms with van der Waals surface area (Å²) in [6, 6.07) is 0.461. The number of cyclic esters (lactones) is 1. The highest BCUT2D eigenvalue weighted by Crippen LogP contribution is 2.27. The molecule has 3 heteroatoms. The van der Waals surface area contributed by atoms with E-state index in [1.165, 1.54) is 109 Å². The van der Waals surface area contributed by atoms with Crippen LogP contribution >= 0.6 is 0 Å². The zero-order valence-corrected chi connectivity index (χ0v) is 17.4. The van der Waals surface area contributed by atoms with E-state index >= 15 is 0 Å². The van der Waals surface area contributed by atoms with Crippen LogP contribution in [-0.4, -0.2) is 29.7 Å². The van der Waals surface area contributed by atoms with Crippen LogP contribution in [0.3, 0.4) is 0 Å². The SMILES string of the molecule is CCCCCCCCCCCCCCC1CN(C2CCCCC2)C(=O)O1. The summed E-state index contributed by atoms with van der Waals surface area (Å²) in [5.41, 5.74) is 0. The number of nitrogens with zero attached hydrogens (tertiary/aromatic N) is 1. The molecule has 26 heavy (non-hydrogen) atoms. The topological polar surface area (TPSA) is 29.5 Å². The average molecular weight is 366 g/mol. The minimum atomic E-state index is -0.0409. The lowest BCUT2D eigenvalue weighted by molar-refractivity contribution is 0.120. The molecule has 3 nitrogen and oxygen atoms in total. The molecule has 1 amide bonds. The quantitative estimate of drug-likeness (QED) is 0.304. The maximum absolute atomic E-state index is 12.1. The number of unbranched alkanes of at least 4 members (excludes halogenated alkanes) is 11. The van der Waals surface area contributed by atoms with E-state index in [1.54, 1.807) is 0 Å². The number of rotatable bonds is 14. The summed E-state index contributed by atoms with van der Waals surface area (Å²) >= 11 is 0. The van der Waals surface area contributed by atoms with Gasteiger partial charge in [-0.15, -0.1) is 0 Å². The van der Waals surface area contributed by atoms with Crippen molar-refractivity contribution in [1.82, 2.24) is 4.90 Å². The van der Waals surface area contributed by atoms with Gasteiger partial charge >= 0.3 is 6.09 Å². The van der Waals surface area contributed by atoms with E-state index in [1.807, 2.05) is 4.90 Å². The molecule has 0 N–H and O–H groups in total. The second kappa shape index (κ2) is 13.4. The zero-order valence-electron chi connectivity index (χ0n) is 17.4. The number of carbonyl (C=O) groups excluding carboxylic acids is 1. The summed E-state index contributed by atoms with van der Waals surface area (Å²) < 4.78 is 5.61. The second-order valence-electron chi connectivity index (χ2n) is 8.63. The summed E-state index contributed by atoms with van der Waals surface area (Å²) in [7, 11) is 0. The molecular formula is C23H43NO2. The van der Waals surface area contributed by atoms with Crippen molar-refractivity contribution in [1.29, 1.82) is 0 Å². The van der Waals surface area contributed by atoms with Crippen LogP contribution in [0.25, 0.3) is 0 Å². The Morgan fingerprint density at radius 2 is 1.35 bits per heavy atom. The number of hydrogen-bond acceptors (Lipinski definition) is 2. The summed E-state index contributed by atoms with van der Waals surface area (Å²) in [4.78, 5) is 14.1. The Balaban J connectivity index is 1.40. The van der Waals surface area contributed by atoms with Crippen LogP contribution < -0.4 is 0 Å². The van der Waals surface area contributed by atoms with Crippen LogP contribution in [0.1, 0.15) is 122 Å². The number of hydrogen-bond donors (Lipinski definition) is 0. The number of carbonyl (C=O) groups is 1. The first-order valence-corrected chi connectivity index (χ1v) is 11.8. The van der Waals surface area contributed by atoms with E-state index in [-0.39, 0.29) is 12.2 Å². The fraction of sp³-hybridized carbons (Fsp3) is 0.957. The first-order chi connectivity index (χ1) is 12.8. The molecule has 2 aliphatic rings. The Morgan fingerprint density at radius 3 is 1.92 bits per heavy atom. The number of amides is 1. The van der Waals surface area contributed by atoms with Crippen LogP contribution in [0.5, 0.6) is 0 Å². The van der Waals surface area contributed by atoms with E-state index in [4.69, 9.17) is 4.74 Å². The lowest BCUT2D eigenvalue weighted by Crippen LogP contribution is -2.37. The lowest BCUT2D eigenvalue weighted by Gasteiger charge is -2.28. The molecule has 0 bridgehead atoms. The number of ether oxygens (including phenoxy) is 1. The van der Waals surface area contributed by atoms with E-state index in [9.17, 15) is 4.79 Å². The van der Waals surface area contributed by atoms with Gasteiger partial charge in [0.05, 0.1) is 6.54 Å². The molecule has 2 rings (SSSR count). The van der Waals surface area contributed by atoms with Crippen molar-refractivity contribution in [3.8, 4) is 0 Å². The minimum absolute atomic E-state index is 0.0409. The van der Waals surface area contributed by atoms with Gasteiger partial charge in [-0.3, -0.25) is 0 Å². The van der Waals surface area contributed by atoms with Gasteiger partial charge in [-0.2, -0.15) is 0 Å². The molecule has 2 fully saturated rings. The van der Waals surface area contributed by atoms with Crippen molar-refractivity contribution >= 4 is 6.09 Å². The minimum Gasteiger partial charge on any atom is -0.444 e. The summed E-state index contributed by atoms with van der Waals surface area (Å²) in [6.45, 7) is 3.13. The second-order valence-corrected chi connectivity index (χ2v) is 8.63. The van der Waals surface area contributed by atoms with Crippen molar-refractivity contribution < 1.29 is 9.53 Å². The summed E-state index contributed by atoms with van der Waals surface area (Å²) in [5.74, 6) is 0. The Hall–Kier alpha value is -0.730. The van der Waals surface area contributed by atoms with Crippen LogP contribution in [0.2, 0.25) is 0 Å². The normalized spacial score (nSPS) is 21.3. The molecular weight excluding hydrogens is 322 g/mol. The first kappa shape index (κ1) is 21.6. The highest BCUT2D eigenvalue weighted by Gasteiger charge is 2.35. The van der Waals surface area contributed by atoms with E-state index in [0.29, 0.717) is 6.04 Å². The fourth-order valence-corrected chi connectivity index (χ4v) is 4.60. The van der Waals surface area contributed by atoms with Crippen molar-refractivity contribution in [2.75, 3.05) is 6.54 Å². The monoisotopic (exact) mass is 365 g/mol. The third-order valence-electron chi connectivity index (χ3n) is 6.30. The molecule has 0 aromatic rings. The molecule has 1 aliphatic carbocycles. The smallest absolute Gasteiger partial charge is 0.410 e. The summed E-state index contributed by atoms with van der Waals surface area (Å²) in [6.07, 6.45) is 24.0.